The molecule has 0 heterocycles. The molecule has 0 unspecified atom stereocenters. The molecule has 4 heteroatoms. The highest BCUT2D eigenvalue weighted by Gasteiger charge is 1.82. The van der Waals surface area contributed by atoms with Gasteiger partial charge in [0.1, 0.15) is 0 Å². The fourth-order valence-corrected chi connectivity index (χ4v) is 0.504. The molecular formula is C4H11NO2Si. The molecule has 0 radical (unpaired) electrons. The van der Waals surface area contributed by atoms with Gasteiger partial charge < -0.3 is 9.26 Å². The van der Waals surface area contributed by atoms with Crippen molar-refractivity contribution in [2.45, 2.75) is 13.5 Å². The zero-order valence-corrected chi connectivity index (χ0v) is 6.89. The van der Waals surface area contributed by atoms with Gasteiger partial charge in [-0.25, -0.2) is 0 Å². The van der Waals surface area contributed by atoms with Gasteiger partial charge in [-0.3, -0.25) is 0 Å². The quantitative estimate of drug-likeness (QED) is 0.232. The maximum Gasteiger partial charge on any atom is 0.255 e. The van der Waals surface area contributed by atoms with Crippen molar-refractivity contribution in [1.29, 1.82) is 0 Å². The van der Waals surface area contributed by atoms with E-state index in [1.165, 1.54) is 0 Å². The number of ether oxygens (including phenoxy) is 1. The third kappa shape index (κ3) is 3.67. The van der Waals surface area contributed by atoms with Gasteiger partial charge in [-0.05, 0) is 6.55 Å². The van der Waals surface area contributed by atoms with Gasteiger partial charge in [0.2, 0.25) is 5.90 Å². The molecule has 48 valence electrons. The van der Waals surface area contributed by atoms with Gasteiger partial charge in [0, 0.05) is 6.92 Å². The number of methoxy groups -OCH3 is 1. The topological polar surface area (TPSA) is 30.8 Å². The number of hydrogen-bond donors (Lipinski definition) is 0. The molecule has 0 spiro atoms. The van der Waals surface area contributed by atoms with Crippen LogP contribution in [-0.4, -0.2) is 22.8 Å². The third-order valence-corrected chi connectivity index (χ3v) is 1.00. The Morgan fingerprint density at radius 3 is 2.62 bits per heavy atom. The first-order valence-electron chi connectivity index (χ1n) is 2.51. The maximum absolute atomic E-state index is 4.79. The van der Waals surface area contributed by atoms with E-state index < -0.39 is 9.76 Å². The van der Waals surface area contributed by atoms with Crippen molar-refractivity contribution in [3.63, 3.8) is 0 Å². The van der Waals surface area contributed by atoms with Crippen LogP contribution in [0.4, 0.5) is 0 Å². The maximum atomic E-state index is 4.79. The number of oxime groups is 1. The Hall–Kier alpha value is -0.513. The molecular weight excluding hydrogens is 122 g/mol. The van der Waals surface area contributed by atoms with E-state index in [1.54, 1.807) is 14.0 Å². The number of nitrogens with zero attached hydrogens (tertiary/aromatic N) is 1. The van der Waals surface area contributed by atoms with Crippen LogP contribution in [0.25, 0.3) is 0 Å². The van der Waals surface area contributed by atoms with Crippen molar-refractivity contribution in [1.82, 2.24) is 0 Å². The summed E-state index contributed by atoms with van der Waals surface area (Å²) in [5.41, 5.74) is 0. The average molecular weight is 133 g/mol. The van der Waals surface area contributed by atoms with E-state index in [4.69, 9.17) is 9.26 Å². The molecule has 0 aromatic heterocycles. The minimum Gasteiger partial charge on any atom is -0.482 e. The predicted molar refractivity (Wildman–Crippen MR) is 35.6 cm³/mol. The summed E-state index contributed by atoms with van der Waals surface area (Å²) in [5, 5.41) is 3.62. The van der Waals surface area contributed by atoms with Crippen molar-refractivity contribution >= 4 is 15.7 Å². The van der Waals surface area contributed by atoms with Crippen LogP contribution in [0.15, 0.2) is 5.16 Å². The van der Waals surface area contributed by atoms with Gasteiger partial charge in [0.15, 0.2) is 0 Å². The average Bonchev–Trinajstić information content (AvgIpc) is 1.83. The first-order chi connectivity index (χ1) is 3.81. The lowest BCUT2D eigenvalue weighted by Crippen LogP contribution is -1.96. The summed E-state index contributed by atoms with van der Waals surface area (Å²) in [6.45, 7) is 3.76. The van der Waals surface area contributed by atoms with E-state index in [1.807, 2.05) is 6.55 Å². The molecule has 0 aliphatic heterocycles. The second kappa shape index (κ2) is 4.64. The van der Waals surface area contributed by atoms with Crippen LogP contribution in [0.1, 0.15) is 6.92 Å². The molecule has 0 aromatic rings. The second-order valence-corrected chi connectivity index (χ2v) is 2.07. The molecule has 8 heavy (non-hydrogen) atoms. The lowest BCUT2D eigenvalue weighted by molar-refractivity contribution is 0.318. The van der Waals surface area contributed by atoms with Gasteiger partial charge in [-0.1, -0.05) is 5.16 Å². The lowest BCUT2D eigenvalue weighted by Gasteiger charge is -1.95. The van der Waals surface area contributed by atoms with Gasteiger partial charge in [0.05, 0.1) is 7.11 Å². The summed E-state index contributed by atoms with van der Waals surface area (Å²) in [4.78, 5) is 0. The molecule has 0 aliphatic carbocycles. The molecule has 0 aromatic carbocycles. The highest BCUT2D eigenvalue weighted by molar-refractivity contribution is 6.24. The molecule has 0 rings (SSSR count). The second-order valence-electron chi connectivity index (χ2n) is 1.23. The highest BCUT2D eigenvalue weighted by atomic mass is 28.2. The zero-order chi connectivity index (χ0) is 6.41. The van der Waals surface area contributed by atoms with Crippen LogP contribution in [0.2, 0.25) is 6.55 Å². The van der Waals surface area contributed by atoms with Crippen molar-refractivity contribution in [2.75, 3.05) is 7.11 Å². The Morgan fingerprint density at radius 2 is 2.25 bits per heavy atom. The summed E-state index contributed by atoms with van der Waals surface area (Å²) in [6.07, 6.45) is 0. The summed E-state index contributed by atoms with van der Waals surface area (Å²) in [6, 6.07) is 0. The van der Waals surface area contributed by atoms with Gasteiger partial charge in [0.25, 0.3) is 9.76 Å². The monoisotopic (exact) mass is 133 g/mol. The lowest BCUT2D eigenvalue weighted by atomic mass is 10.8. The zero-order valence-electron chi connectivity index (χ0n) is 5.47. The molecule has 0 saturated carbocycles. The fourth-order valence-electron chi connectivity index (χ4n) is 0.193. The van der Waals surface area contributed by atoms with Crippen LogP contribution in [0.5, 0.6) is 0 Å². The Bertz CT molecular complexity index is 84.1. The van der Waals surface area contributed by atoms with E-state index in [9.17, 15) is 0 Å². The van der Waals surface area contributed by atoms with Crippen LogP contribution in [0, 0.1) is 0 Å². The van der Waals surface area contributed by atoms with Gasteiger partial charge in [-0.15, -0.1) is 0 Å². The summed E-state index contributed by atoms with van der Waals surface area (Å²) < 4.78 is 9.49. The highest BCUT2D eigenvalue weighted by Crippen LogP contribution is 1.77. The predicted octanol–water partition coefficient (Wildman–Crippen LogP) is 0.115. The van der Waals surface area contributed by atoms with E-state index in [-0.39, 0.29) is 0 Å². The summed E-state index contributed by atoms with van der Waals surface area (Å²) in [7, 11) is 1.16. The van der Waals surface area contributed by atoms with E-state index in [2.05, 4.69) is 5.16 Å². The largest absolute Gasteiger partial charge is 0.482 e. The van der Waals surface area contributed by atoms with Crippen LogP contribution >= 0.6 is 0 Å². The standard InChI is InChI=1S/C4H11NO2Si/c1-4(6-2)5-7-8-3/h8H2,1-3H3. The third-order valence-electron chi connectivity index (χ3n) is 0.618. The molecule has 0 aliphatic rings. The van der Waals surface area contributed by atoms with E-state index in [0.717, 1.165) is 0 Å². The first-order valence-corrected chi connectivity index (χ1v) is 4.51. The number of rotatable bonds is 2. The van der Waals surface area contributed by atoms with Crippen molar-refractivity contribution < 1.29 is 9.26 Å². The van der Waals surface area contributed by atoms with Crippen molar-refractivity contribution in [2.24, 2.45) is 5.16 Å². The molecule has 0 amide bonds. The first kappa shape index (κ1) is 7.49. The Labute approximate surface area is 51.6 Å². The van der Waals surface area contributed by atoms with Crippen molar-refractivity contribution in [3.05, 3.63) is 0 Å². The summed E-state index contributed by atoms with van der Waals surface area (Å²) in [5.74, 6) is 0.583. The minimum absolute atomic E-state index is 0.406. The Balaban J connectivity index is 3.26. The Morgan fingerprint density at radius 1 is 1.62 bits per heavy atom. The molecule has 0 saturated heterocycles. The minimum atomic E-state index is -0.406. The molecule has 0 N–H and O–H groups in total. The smallest absolute Gasteiger partial charge is 0.255 e. The van der Waals surface area contributed by atoms with Crippen LogP contribution < -0.4 is 0 Å². The van der Waals surface area contributed by atoms with Gasteiger partial charge in [-0.2, -0.15) is 0 Å². The molecule has 0 atom stereocenters. The number of hydrogen-bond acceptors (Lipinski definition) is 3. The van der Waals surface area contributed by atoms with Crippen molar-refractivity contribution in [3.8, 4) is 0 Å². The Kier molecular flexibility index (Phi) is 4.34. The van der Waals surface area contributed by atoms with Gasteiger partial charge >= 0.3 is 0 Å². The van der Waals surface area contributed by atoms with Crippen LogP contribution in [-0.2, 0) is 9.26 Å². The van der Waals surface area contributed by atoms with E-state index in [0.29, 0.717) is 5.90 Å². The molecule has 3 nitrogen and oxygen atoms in total. The fraction of sp³-hybridized carbons (Fsp3) is 0.750. The summed E-state index contributed by atoms with van der Waals surface area (Å²) >= 11 is 0. The normalized spacial score (nSPS) is 12.6. The SMILES string of the molecule is COC(C)=NO[SiH2]C. The van der Waals surface area contributed by atoms with Crippen LogP contribution in [0.3, 0.4) is 0 Å². The molecule has 0 bridgehead atoms. The van der Waals surface area contributed by atoms with E-state index >= 15 is 0 Å². The molecule has 0 fully saturated rings.